The molecule has 0 heterocycles. The number of urea groups is 1. The number of benzene rings is 1. The highest BCUT2D eigenvalue weighted by atomic mass is 16.3. The fourth-order valence-corrected chi connectivity index (χ4v) is 2.24. The van der Waals surface area contributed by atoms with Crippen LogP contribution >= 0.6 is 0 Å². The highest BCUT2D eigenvalue weighted by Crippen LogP contribution is 2.15. The van der Waals surface area contributed by atoms with E-state index in [1.807, 2.05) is 13.8 Å². The van der Waals surface area contributed by atoms with Crippen LogP contribution in [0, 0.1) is 12.8 Å². The number of amides is 2. The molecule has 0 saturated heterocycles. The number of hydrogen-bond donors (Lipinski definition) is 3. The van der Waals surface area contributed by atoms with E-state index in [2.05, 4.69) is 10.6 Å². The van der Waals surface area contributed by atoms with Crippen LogP contribution in [0.1, 0.15) is 43.1 Å². The van der Waals surface area contributed by atoms with Crippen molar-refractivity contribution in [2.75, 3.05) is 11.9 Å². The van der Waals surface area contributed by atoms with Crippen LogP contribution in [0.25, 0.3) is 0 Å². The van der Waals surface area contributed by atoms with Gasteiger partial charge in [-0.2, -0.15) is 0 Å². The van der Waals surface area contributed by atoms with Crippen LogP contribution in [0.4, 0.5) is 10.5 Å². The standard InChI is InChI=1S/C16H24N2O3/c1-10(7-12(3)19)9-17-16(21)18-14-5-6-15(13(4)20)11(2)8-14/h5-6,8,10,12,19H,7,9H2,1-4H3,(H2,17,18,21). The summed E-state index contributed by atoms with van der Waals surface area (Å²) in [5.41, 5.74) is 2.15. The molecule has 2 unspecified atom stereocenters. The van der Waals surface area contributed by atoms with Crippen molar-refractivity contribution in [2.24, 2.45) is 5.92 Å². The van der Waals surface area contributed by atoms with Crippen molar-refractivity contribution in [3.8, 4) is 0 Å². The molecule has 1 aromatic carbocycles. The van der Waals surface area contributed by atoms with Gasteiger partial charge in [0.25, 0.3) is 0 Å². The van der Waals surface area contributed by atoms with Crippen molar-refractivity contribution in [2.45, 2.75) is 40.2 Å². The van der Waals surface area contributed by atoms with Crippen molar-refractivity contribution >= 4 is 17.5 Å². The minimum Gasteiger partial charge on any atom is -0.393 e. The van der Waals surface area contributed by atoms with E-state index in [1.165, 1.54) is 6.92 Å². The van der Waals surface area contributed by atoms with E-state index in [4.69, 9.17) is 0 Å². The molecule has 1 aromatic rings. The van der Waals surface area contributed by atoms with E-state index in [9.17, 15) is 14.7 Å². The Labute approximate surface area is 125 Å². The number of aliphatic hydroxyl groups excluding tert-OH is 1. The number of hydrogen-bond acceptors (Lipinski definition) is 3. The van der Waals surface area contributed by atoms with Crippen molar-refractivity contribution in [1.82, 2.24) is 5.32 Å². The minimum atomic E-state index is -0.369. The fraction of sp³-hybridized carbons (Fsp3) is 0.500. The van der Waals surface area contributed by atoms with Gasteiger partial charge in [0.2, 0.25) is 0 Å². The third-order valence-corrected chi connectivity index (χ3v) is 3.22. The molecule has 0 bridgehead atoms. The van der Waals surface area contributed by atoms with Crippen LogP contribution in [-0.2, 0) is 0 Å². The molecule has 21 heavy (non-hydrogen) atoms. The maximum atomic E-state index is 11.8. The first-order valence-corrected chi connectivity index (χ1v) is 7.14. The summed E-state index contributed by atoms with van der Waals surface area (Å²) >= 11 is 0. The molecule has 0 spiro atoms. The molecule has 0 aliphatic rings. The summed E-state index contributed by atoms with van der Waals surface area (Å²) in [6, 6.07) is 4.91. The van der Waals surface area contributed by atoms with Gasteiger partial charge in [-0.1, -0.05) is 6.92 Å². The molecule has 0 aromatic heterocycles. The first-order chi connectivity index (χ1) is 9.79. The largest absolute Gasteiger partial charge is 0.393 e. The number of nitrogens with one attached hydrogen (secondary N) is 2. The van der Waals surface area contributed by atoms with Crippen LogP contribution in [0.3, 0.4) is 0 Å². The summed E-state index contributed by atoms with van der Waals surface area (Å²) in [5.74, 6) is 0.216. The number of carbonyl (C=O) groups is 2. The second-order valence-corrected chi connectivity index (χ2v) is 5.61. The Morgan fingerprint density at radius 2 is 1.95 bits per heavy atom. The molecule has 0 saturated carbocycles. The monoisotopic (exact) mass is 292 g/mol. The predicted octanol–water partition coefficient (Wildman–Crippen LogP) is 2.73. The molecule has 2 amide bonds. The summed E-state index contributed by atoms with van der Waals surface area (Å²) < 4.78 is 0. The lowest BCUT2D eigenvalue weighted by Crippen LogP contribution is -2.33. The predicted molar refractivity (Wildman–Crippen MR) is 83.7 cm³/mol. The van der Waals surface area contributed by atoms with Crippen molar-refractivity contribution < 1.29 is 14.7 Å². The van der Waals surface area contributed by atoms with Crippen LogP contribution in [0.2, 0.25) is 0 Å². The number of aliphatic hydroxyl groups is 1. The first kappa shape index (κ1) is 17.2. The lowest BCUT2D eigenvalue weighted by Gasteiger charge is -2.15. The van der Waals surface area contributed by atoms with Gasteiger partial charge >= 0.3 is 6.03 Å². The van der Waals surface area contributed by atoms with Gasteiger partial charge in [-0.05, 0) is 56.9 Å². The molecule has 1 rings (SSSR count). The summed E-state index contributed by atoms with van der Waals surface area (Å²) in [4.78, 5) is 23.1. The highest BCUT2D eigenvalue weighted by Gasteiger charge is 2.09. The SMILES string of the molecule is CC(=O)c1ccc(NC(=O)NCC(C)CC(C)O)cc1C. The van der Waals surface area contributed by atoms with Gasteiger partial charge in [0.05, 0.1) is 6.10 Å². The smallest absolute Gasteiger partial charge is 0.319 e. The first-order valence-electron chi connectivity index (χ1n) is 7.14. The number of Topliss-reactive ketones (excluding diaryl/α,β-unsaturated/α-hetero) is 1. The van der Waals surface area contributed by atoms with Crippen LogP contribution in [0.15, 0.2) is 18.2 Å². The molecule has 5 nitrogen and oxygen atoms in total. The second-order valence-electron chi connectivity index (χ2n) is 5.61. The van der Waals surface area contributed by atoms with E-state index in [1.54, 1.807) is 25.1 Å². The average molecular weight is 292 g/mol. The van der Waals surface area contributed by atoms with E-state index in [0.717, 1.165) is 5.56 Å². The van der Waals surface area contributed by atoms with Gasteiger partial charge < -0.3 is 15.7 Å². The van der Waals surface area contributed by atoms with Crippen LogP contribution in [-0.4, -0.2) is 29.6 Å². The summed E-state index contributed by atoms with van der Waals surface area (Å²) in [7, 11) is 0. The van der Waals surface area contributed by atoms with Crippen molar-refractivity contribution in [3.05, 3.63) is 29.3 Å². The minimum absolute atomic E-state index is 0.00968. The van der Waals surface area contributed by atoms with Crippen molar-refractivity contribution in [3.63, 3.8) is 0 Å². The van der Waals surface area contributed by atoms with Crippen LogP contribution in [0.5, 0.6) is 0 Å². The second kappa shape index (κ2) is 7.78. The molecule has 3 N–H and O–H groups in total. The molecular weight excluding hydrogens is 268 g/mol. The Hall–Kier alpha value is -1.88. The van der Waals surface area contributed by atoms with Gasteiger partial charge in [0, 0.05) is 17.8 Å². The maximum absolute atomic E-state index is 11.8. The highest BCUT2D eigenvalue weighted by molar-refractivity contribution is 5.96. The van der Waals surface area contributed by atoms with Gasteiger partial charge in [-0.15, -0.1) is 0 Å². The zero-order valence-electron chi connectivity index (χ0n) is 13.1. The molecular formula is C16H24N2O3. The third kappa shape index (κ3) is 5.95. The number of aryl methyl sites for hydroxylation is 1. The van der Waals surface area contributed by atoms with E-state index < -0.39 is 0 Å². The fourth-order valence-electron chi connectivity index (χ4n) is 2.24. The molecule has 116 valence electrons. The quantitative estimate of drug-likeness (QED) is 0.705. The zero-order chi connectivity index (χ0) is 16.0. The third-order valence-electron chi connectivity index (χ3n) is 3.22. The topological polar surface area (TPSA) is 78.4 Å². The molecule has 0 radical (unpaired) electrons. The molecule has 2 atom stereocenters. The Balaban J connectivity index is 2.52. The number of carbonyl (C=O) groups excluding carboxylic acids is 2. The van der Waals surface area contributed by atoms with Gasteiger partial charge in [0.15, 0.2) is 5.78 Å². The number of ketones is 1. The lowest BCUT2D eigenvalue weighted by atomic mass is 10.0. The van der Waals surface area contributed by atoms with E-state index in [-0.39, 0.29) is 23.8 Å². The normalized spacial score (nSPS) is 13.4. The Morgan fingerprint density at radius 3 is 2.48 bits per heavy atom. The van der Waals surface area contributed by atoms with E-state index >= 15 is 0 Å². The molecule has 0 aliphatic carbocycles. The lowest BCUT2D eigenvalue weighted by molar-refractivity contribution is 0.101. The zero-order valence-corrected chi connectivity index (χ0v) is 13.1. The number of anilines is 1. The van der Waals surface area contributed by atoms with Crippen LogP contribution < -0.4 is 10.6 Å². The Kier molecular flexibility index (Phi) is 6.37. The Morgan fingerprint density at radius 1 is 1.29 bits per heavy atom. The molecule has 0 aliphatic heterocycles. The van der Waals surface area contributed by atoms with Gasteiger partial charge in [-0.3, -0.25) is 4.79 Å². The summed E-state index contributed by atoms with van der Waals surface area (Å²) in [6.07, 6.45) is 0.277. The van der Waals surface area contributed by atoms with Crippen molar-refractivity contribution in [1.29, 1.82) is 0 Å². The summed E-state index contributed by atoms with van der Waals surface area (Å²) in [6.45, 7) is 7.56. The molecule has 0 fully saturated rings. The molecule has 5 heteroatoms. The summed E-state index contributed by atoms with van der Waals surface area (Å²) in [5, 5.41) is 14.8. The maximum Gasteiger partial charge on any atom is 0.319 e. The van der Waals surface area contributed by atoms with E-state index in [0.29, 0.717) is 24.2 Å². The average Bonchev–Trinajstić information content (AvgIpc) is 2.35. The Bertz CT molecular complexity index is 512. The van der Waals surface area contributed by atoms with Gasteiger partial charge in [0.1, 0.15) is 0 Å². The van der Waals surface area contributed by atoms with Gasteiger partial charge in [-0.25, -0.2) is 4.79 Å². The number of rotatable bonds is 6.